The summed E-state index contributed by atoms with van der Waals surface area (Å²) in [5, 5.41) is 17.8. The Labute approximate surface area is 162 Å². The van der Waals surface area contributed by atoms with Gasteiger partial charge >= 0.3 is 0 Å². The van der Waals surface area contributed by atoms with Gasteiger partial charge in [-0.3, -0.25) is 4.99 Å². The van der Waals surface area contributed by atoms with Gasteiger partial charge in [0.15, 0.2) is 5.96 Å². The third kappa shape index (κ3) is 7.14. The summed E-state index contributed by atoms with van der Waals surface area (Å²) in [7, 11) is 0. The van der Waals surface area contributed by atoms with Crippen molar-refractivity contribution in [1.82, 2.24) is 15.5 Å². The van der Waals surface area contributed by atoms with Gasteiger partial charge in [0, 0.05) is 37.2 Å². The van der Waals surface area contributed by atoms with E-state index in [1.54, 1.807) is 12.1 Å². The maximum Gasteiger partial charge on any atom is 0.191 e. The van der Waals surface area contributed by atoms with Crippen molar-refractivity contribution in [3.63, 3.8) is 0 Å². The molecular formula is C20H33ClN4O. The summed E-state index contributed by atoms with van der Waals surface area (Å²) in [5.41, 5.74) is 0.830. The van der Waals surface area contributed by atoms with Gasteiger partial charge in [-0.15, -0.1) is 0 Å². The van der Waals surface area contributed by atoms with Gasteiger partial charge < -0.3 is 20.6 Å². The van der Waals surface area contributed by atoms with E-state index in [2.05, 4.69) is 41.3 Å². The lowest BCUT2D eigenvalue weighted by molar-refractivity contribution is 0.184. The van der Waals surface area contributed by atoms with Gasteiger partial charge in [0.25, 0.3) is 0 Å². The molecule has 1 fully saturated rings. The van der Waals surface area contributed by atoms with Crippen LogP contribution in [0.5, 0.6) is 0 Å². The zero-order valence-corrected chi connectivity index (χ0v) is 17.0. The summed E-state index contributed by atoms with van der Waals surface area (Å²) in [4.78, 5) is 7.11. The zero-order chi connectivity index (χ0) is 18.9. The minimum Gasteiger partial charge on any atom is -0.386 e. The number of nitrogens with zero attached hydrogens (tertiary/aromatic N) is 2. The molecule has 1 heterocycles. The number of likely N-dealkylation sites (tertiary alicyclic amines) is 1. The third-order valence-corrected chi connectivity index (χ3v) is 4.83. The minimum atomic E-state index is -0.629. The van der Waals surface area contributed by atoms with Crippen LogP contribution in [0.1, 0.15) is 45.3 Å². The van der Waals surface area contributed by atoms with E-state index in [1.165, 1.54) is 6.54 Å². The minimum absolute atomic E-state index is 0.323. The van der Waals surface area contributed by atoms with E-state index in [0.717, 1.165) is 44.0 Å². The summed E-state index contributed by atoms with van der Waals surface area (Å²) in [5.74, 6) is 1.50. The molecule has 1 saturated heterocycles. The van der Waals surface area contributed by atoms with E-state index in [-0.39, 0.29) is 0 Å². The largest absolute Gasteiger partial charge is 0.386 e. The third-order valence-electron chi connectivity index (χ3n) is 4.57. The molecule has 1 atom stereocenters. The molecule has 1 aromatic carbocycles. The van der Waals surface area contributed by atoms with Crippen molar-refractivity contribution in [2.45, 2.75) is 45.8 Å². The second-order valence-electron chi connectivity index (χ2n) is 7.40. The van der Waals surface area contributed by atoms with Gasteiger partial charge in [0.2, 0.25) is 0 Å². The number of hydrogen-bond donors (Lipinski definition) is 3. The smallest absolute Gasteiger partial charge is 0.191 e. The van der Waals surface area contributed by atoms with Crippen LogP contribution in [0.3, 0.4) is 0 Å². The molecule has 5 nitrogen and oxygen atoms in total. The molecule has 1 aliphatic rings. The lowest BCUT2D eigenvalue weighted by atomic mass is 10.0. The van der Waals surface area contributed by atoms with Crippen LogP contribution in [0.25, 0.3) is 0 Å². The number of benzene rings is 1. The molecular weight excluding hydrogens is 348 g/mol. The number of aliphatic hydroxyl groups is 1. The van der Waals surface area contributed by atoms with Crippen LogP contribution >= 0.6 is 11.6 Å². The van der Waals surface area contributed by atoms with Crippen LogP contribution in [-0.4, -0.2) is 54.7 Å². The Hall–Kier alpha value is -1.30. The highest BCUT2D eigenvalue weighted by Gasteiger charge is 2.20. The molecule has 0 radical (unpaired) electrons. The van der Waals surface area contributed by atoms with Crippen molar-refractivity contribution >= 4 is 17.6 Å². The van der Waals surface area contributed by atoms with Crippen LogP contribution in [0, 0.1) is 5.92 Å². The molecule has 1 aliphatic heterocycles. The Kier molecular flexibility index (Phi) is 8.69. The van der Waals surface area contributed by atoms with Crippen molar-refractivity contribution in [2.75, 3.05) is 32.7 Å². The van der Waals surface area contributed by atoms with Crippen LogP contribution in [0.2, 0.25) is 5.02 Å². The first kappa shape index (κ1) is 21.0. The molecule has 1 unspecified atom stereocenters. The number of aliphatic hydroxyl groups excluding tert-OH is 1. The fraction of sp³-hybridized carbons (Fsp3) is 0.650. The SMILES string of the molecule is CCNC(=NCC(O)c1ccc(Cl)cc1)NC1CCN(CC(C)C)CC1. The Morgan fingerprint density at radius 2 is 1.92 bits per heavy atom. The first-order valence-electron chi connectivity index (χ1n) is 9.68. The number of guanidine groups is 1. The first-order valence-corrected chi connectivity index (χ1v) is 10.1. The summed E-state index contributed by atoms with van der Waals surface area (Å²) < 4.78 is 0. The Balaban J connectivity index is 1.85. The number of hydrogen-bond acceptors (Lipinski definition) is 3. The van der Waals surface area contributed by atoms with Gasteiger partial charge in [0.05, 0.1) is 12.6 Å². The summed E-state index contributed by atoms with van der Waals surface area (Å²) >= 11 is 5.90. The average Bonchev–Trinajstić information content (AvgIpc) is 2.61. The van der Waals surface area contributed by atoms with E-state index in [0.29, 0.717) is 23.5 Å². The molecule has 6 heteroatoms. The highest BCUT2D eigenvalue weighted by atomic mass is 35.5. The summed E-state index contributed by atoms with van der Waals surface area (Å²) in [6.07, 6.45) is 1.61. The number of piperidine rings is 1. The lowest BCUT2D eigenvalue weighted by Gasteiger charge is -2.34. The maximum atomic E-state index is 10.3. The first-order chi connectivity index (χ1) is 12.5. The molecule has 0 spiro atoms. The quantitative estimate of drug-likeness (QED) is 0.502. The normalized spacial score (nSPS) is 18.2. The number of halogens is 1. The lowest BCUT2D eigenvalue weighted by Crippen LogP contribution is -2.49. The van der Waals surface area contributed by atoms with Crippen molar-refractivity contribution < 1.29 is 5.11 Å². The number of nitrogens with one attached hydrogen (secondary N) is 2. The Morgan fingerprint density at radius 3 is 2.50 bits per heavy atom. The fourth-order valence-corrected chi connectivity index (χ4v) is 3.38. The summed E-state index contributed by atoms with van der Waals surface area (Å²) in [6, 6.07) is 7.70. The van der Waals surface area contributed by atoms with E-state index in [1.807, 2.05) is 12.1 Å². The molecule has 0 aromatic heterocycles. The average molecular weight is 381 g/mol. The molecule has 2 rings (SSSR count). The second-order valence-corrected chi connectivity index (χ2v) is 7.84. The van der Waals surface area contributed by atoms with Gasteiger partial charge in [-0.1, -0.05) is 37.6 Å². The Bertz CT molecular complexity index is 553. The van der Waals surface area contributed by atoms with E-state index in [9.17, 15) is 5.11 Å². The standard InChI is InChI=1S/C20H33ClN4O/c1-4-22-20(23-13-19(26)16-5-7-17(21)8-6-16)24-18-9-11-25(12-10-18)14-15(2)3/h5-8,15,18-19,26H,4,9-14H2,1-3H3,(H2,22,23,24). The molecule has 0 bridgehead atoms. The van der Waals surface area contributed by atoms with Crippen molar-refractivity contribution in [3.8, 4) is 0 Å². The van der Waals surface area contributed by atoms with Crippen LogP contribution in [0.15, 0.2) is 29.3 Å². The van der Waals surface area contributed by atoms with E-state index in [4.69, 9.17) is 11.6 Å². The number of rotatable bonds is 7. The predicted octanol–water partition coefficient (Wildman–Crippen LogP) is 3.05. The molecule has 146 valence electrons. The van der Waals surface area contributed by atoms with Gasteiger partial charge in [-0.05, 0) is 43.4 Å². The molecule has 1 aromatic rings. The monoisotopic (exact) mass is 380 g/mol. The molecule has 0 saturated carbocycles. The zero-order valence-electron chi connectivity index (χ0n) is 16.2. The predicted molar refractivity (Wildman–Crippen MR) is 110 cm³/mol. The maximum absolute atomic E-state index is 10.3. The molecule has 26 heavy (non-hydrogen) atoms. The second kappa shape index (κ2) is 10.8. The highest BCUT2D eigenvalue weighted by Crippen LogP contribution is 2.17. The van der Waals surface area contributed by atoms with Crippen LogP contribution < -0.4 is 10.6 Å². The molecule has 3 N–H and O–H groups in total. The number of aliphatic imine (C=N–C) groups is 1. The van der Waals surface area contributed by atoms with Gasteiger partial charge in [0.1, 0.15) is 0 Å². The molecule has 0 aliphatic carbocycles. The van der Waals surface area contributed by atoms with Crippen LogP contribution in [-0.2, 0) is 0 Å². The van der Waals surface area contributed by atoms with E-state index < -0.39 is 6.10 Å². The highest BCUT2D eigenvalue weighted by molar-refractivity contribution is 6.30. The van der Waals surface area contributed by atoms with Crippen molar-refractivity contribution in [3.05, 3.63) is 34.9 Å². The van der Waals surface area contributed by atoms with Gasteiger partial charge in [-0.25, -0.2) is 0 Å². The fourth-order valence-electron chi connectivity index (χ4n) is 3.26. The topological polar surface area (TPSA) is 59.9 Å². The van der Waals surface area contributed by atoms with E-state index >= 15 is 0 Å². The van der Waals surface area contributed by atoms with Crippen LogP contribution in [0.4, 0.5) is 0 Å². The summed E-state index contributed by atoms with van der Waals surface area (Å²) in [6.45, 7) is 11.1. The molecule has 0 amide bonds. The van der Waals surface area contributed by atoms with Crippen molar-refractivity contribution in [2.24, 2.45) is 10.9 Å². The Morgan fingerprint density at radius 1 is 1.27 bits per heavy atom. The van der Waals surface area contributed by atoms with Crippen molar-refractivity contribution in [1.29, 1.82) is 0 Å². The van der Waals surface area contributed by atoms with Gasteiger partial charge in [-0.2, -0.15) is 0 Å².